The zero-order valence-corrected chi connectivity index (χ0v) is 16.5. The molecule has 1 atom stereocenters. The summed E-state index contributed by atoms with van der Waals surface area (Å²) in [6.45, 7) is 5.05. The number of ether oxygens (including phenoxy) is 1. The van der Waals surface area contributed by atoms with E-state index in [2.05, 4.69) is 10.4 Å². The van der Waals surface area contributed by atoms with Gasteiger partial charge in [0.2, 0.25) is 0 Å². The second-order valence-corrected chi connectivity index (χ2v) is 6.77. The third kappa shape index (κ3) is 4.23. The van der Waals surface area contributed by atoms with Gasteiger partial charge in [-0.05, 0) is 57.2 Å². The predicted octanol–water partition coefficient (Wildman–Crippen LogP) is 4.33. The summed E-state index contributed by atoms with van der Waals surface area (Å²) in [6.07, 6.45) is -0.970. The standard InChI is InChI=1S/C21H20ClN3O3/c1-13-19(14(2)25(24-13)18-7-5-4-6-8-18)21(27)28-15(3)20(26)23-17-11-9-16(22)10-12-17/h4-12,15H,1-3H3,(H,23,26)/t15-/m1/s1. The van der Waals surface area contributed by atoms with Crippen LogP contribution in [0.3, 0.4) is 0 Å². The highest BCUT2D eigenvalue weighted by Gasteiger charge is 2.25. The van der Waals surface area contributed by atoms with E-state index in [1.165, 1.54) is 6.92 Å². The van der Waals surface area contributed by atoms with E-state index in [0.29, 0.717) is 27.7 Å². The molecule has 1 heterocycles. The number of nitrogens with zero attached hydrogens (tertiary/aromatic N) is 2. The van der Waals surface area contributed by atoms with Gasteiger partial charge < -0.3 is 10.1 Å². The van der Waals surface area contributed by atoms with Gasteiger partial charge >= 0.3 is 5.97 Å². The minimum Gasteiger partial charge on any atom is -0.449 e. The lowest BCUT2D eigenvalue weighted by molar-refractivity contribution is -0.123. The summed E-state index contributed by atoms with van der Waals surface area (Å²) in [5.74, 6) is -1.02. The van der Waals surface area contributed by atoms with Crippen LogP contribution in [-0.4, -0.2) is 27.8 Å². The lowest BCUT2D eigenvalue weighted by Gasteiger charge is -2.14. The van der Waals surface area contributed by atoms with E-state index in [0.717, 1.165) is 5.69 Å². The van der Waals surface area contributed by atoms with Crippen LogP contribution in [0.1, 0.15) is 28.7 Å². The van der Waals surface area contributed by atoms with Gasteiger partial charge in [0.05, 0.1) is 17.1 Å². The van der Waals surface area contributed by atoms with E-state index in [1.807, 2.05) is 30.3 Å². The summed E-state index contributed by atoms with van der Waals surface area (Å²) in [6, 6.07) is 16.2. The van der Waals surface area contributed by atoms with Crippen molar-refractivity contribution in [2.75, 3.05) is 5.32 Å². The Hall–Kier alpha value is -3.12. The molecule has 3 rings (SSSR count). The van der Waals surface area contributed by atoms with Gasteiger partial charge in [0.25, 0.3) is 5.91 Å². The molecule has 0 bridgehead atoms. The fourth-order valence-corrected chi connectivity index (χ4v) is 2.93. The number of esters is 1. The van der Waals surface area contributed by atoms with Crippen molar-refractivity contribution in [3.05, 3.63) is 76.6 Å². The number of aromatic nitrogens is 2. The molecular weight excluding hydrogens is 378 g/mol. The highest BCUT2D eigenvalue weighted by atomic mass is 35.5. The number of rotatable bonds is 5. The Labute approximate surface area is 168 Å². The van der Waals surface area contributed by atoms with Gasteiger partial charge in [-0.25, -0.2) is 9.48 Å². The summed E-state index contributed by atoms with van der Waals surface area (Å²) in [4.78, 5) is 25.0. The monoisotopic (exact) mass is 397 g/mol. The Morgan fingerprint density at radius 3 is 2.36 bits per heavy atom. The molecule has 0 aliphatic heterocycles. The van der Waals surface area contributed by atoms with Crippen molar-refractivity contribution in [2.24, 2.45) is 0 Å². The van der Waals surface area contributed by atoms with Gasteiger partial charge in [-0.3, -0.25) is 4.79 Å². The third-order valence-electron chi connectivity index (χ3n) is 4.26. The van der Waals surface area contributed by atoms with Crippen molar-refractivity contribution in [3.8, 4) is 5.69 Å². The van der Waals surface area contributed by atoms with E-state index < -0.39 is 18.0 Å². The van der Waals surface area contributed by atoms with Crippen molar-refractivity contribution in [1.29, 1.82) is 0 Å². The summed E-state index contributed by atoms with van der Waals surface area (Å²) >= 11 is 5.83. The first-order valence-corrected chi connectivity index (χ1v) is 9.13. The predicted molar refractivity (Wildman–Crippen MR) is 108 cm³/mol. The van der Waals surface area contributed by atoms with Crippen molar-refractivity contribution >= 4 is 29.2 Å². The fourth-order valence-electron chi connectivity index (χ4n) is 2.81. The molecule has 7 heteroatoms. The van der Waals surface area contributed by atoms with E-state index in [9.17, 15) is 9.59 Å². The smallest absolute Gasteiger partial charge is 0.342 e. The molecule has 0 aliphatic rings. The number of anilines is 1. The number of halogens is 1. The van der Waals surface area contributed by atoms with Crippen LogP contribution >= 0.6 is 11.6 Å². The molecular formula is C21H20ClN3O3. The first kappa shape index (κ1) is 19.6. The molecule has 0 unspecified atom stereocenters. The van der Waals surface area contributed by atoms with Gasteiger partial charge in [0.1, 0.15) is 5.56 Å². The normalized spacial score (nSPS) is 11.7. The van der Waals surface area contributed by atoms with Crippen LogP contribution < -0.4 is 5.32 Å². The second-order valence-electron chi connectivity index (χ2n) is 6.34. The van der Waals surface area contributed by atoms with Crippen molar-refractivity contribution in [3.63, 3.8) is 0 Å². The topological polar surface area (TPSA) is 73.2 Å². The molecule has 0 radical (unpaired) electrons. The van der Waals surface area contributed by atoms with Crippen molar-refractivity contribution in [2.45, 2.75) is 26.9 Å². The second kappa shape index (κ2) is 8.27. The molecule has 6 nitrogen and oxygen atoms in total. The molecule has 28 heavy (non-hydrogen) atoms. The van der Waals surface area contributed by atoms with Crippen LogP contribution in [0.5, 0.6) is 0 Å². The SMILES string of the molecule is Cc1nn(-c2ccccc2)c(C)c1C(=O)O[C@H](C)C(=O)Nc1ccc(Cl)cc1. The summed E-state index contributed by atoms with van der Waals surface area (Å²) < 4.78 is 7.06. The zero-order chi connectivity index (χ0) is 20.3. The molecule has 0 aliphatic carbocycles. The first-order chi connectivity index (χ1) is 13.4. The maximum Gasteiger partial charge on any atom is 0.342 e. The van der Waals surface area contributed by atoms with Gasteiger partial charge in [-0.2, -0.15) is 5.10 Å². The van der Waals surface area contributed by atoms with E-state index in [4.69, 9.17) is 16.3 Å². The Morgan fingerprint density at radius 1 is 1.07 bits per heavy atom. The number of hydrogen-bond acceptors (Lipinski definition) is 4. The van der Waals surface area contributed by atoms with Crippen LogP contribution in [0.25, 0.3) is 5.69 Å². The van der Waals surface area contributed by atoms with Crippen LogP contribution in [0.2, 0.25) is 5.02 Å². The van der Waals surface area contributed by atoms with Gasteiger partial charge in [-0.15, -0.1) is 0 Å². The molecule has 1 aromatic heterocycles. The van der Waals surface area contributed by atoms with Crippen LogP contribution in [0, 0.1) is 13.8 Å². The Morgan fingerprint density at radius 2 is 1.71 bits per heavy atom. The number of carbonyl (C=O) groups excluding carboxylic acids is 2. The number of amides is 1. The number of para-hydroxylation sites is 1. The van der Waals surface area contributed by atoms with Gasteiger partial charge in [0, 0.05) is 10.7 Å². The third-order valence-corrected chi connectivity index (χ3v) is 4.51. The number of aryl methyl sites for hydroxylation is 1. The van der Waals surface area contributed by atoms with Crippen molar-refractivity contribution < 1.29 is 14.3 Å². The van der Waals surface area contributed by atoms with Gasteiger partial charge in [0.15, 0.2) is 6.10 Å². The summed E-state index contributed by atoms with van der Waals surface area (Å²) in [5, 5.41) is 7.69. The first-order valence-electron chi connectivity index (χ1n) is 8.76. The summed E-state index contributed by atoms with van der Waals surface area (Å²) in [7, 11) is 0. The molecule has 1 N–H and O–H groups in total. The Balaban J connectivity index is 1.73. The highest BCUT2D eigenvalue weighted by Crippen LogP contribution is 2.20. The Bertz CT molecular complexity index is 998. The maximum absolute atomic E-state index is 12.7. The lowest BCUT2D eigenvalue weighted by atomic mass is 10.2. The molecule has 0 saturated heterocycles. The average molecular weight is 398 g/mol. The van der Waals surface area contributed by atoms with E-state index in [-0.39, 0.29) is 0 Å². The largest absolute Gasteiger partial charge is 0.449 e. The molecule has 2 aromatic carbocycles. The number of hydrogen-bond donors (Lipinski definition) is 1. The average Bonchev–Trinajstić information content (AvgIpc) is 2.98. The quantitative estimate of drug-likeness (QED) is 0.650. The molecule has 144 valence electrons. The van der Waals surface area contributed by atoms with Crippen LogP contribution in [0.4, 0.5) is 5.69 Å². The summed E-state index contributed by atoms with van der Waals surface area (Å²) in [5.41, 5.74) is 2.96. The Kier molecular flexibility index (Phi) is 5.80. The lowest BCUT2D eigenvalue weighted by Crippen LogP contribution is -2.30. The molecule has 0 spiro atoms. The van der Waals surface area contributed by atoms with E-state index in [1.54, 1.807) is 42.8 Å². The molecule has 0 fully saturated rings. The minimum absolute atomic E-state index is 0.356. The minimum atomic E-state index is -0.970. The number of benzene rings is 2. The number of carbonyl (C=O) groups is 2. The molecule has 0 saturated carbocycles. The van der Waals surface area contributed by atoms with E-state index >= 15 is 0 Å². The maximum atomic E-state index is 12.7. The molecule has 1 amide bonds. The number of nitrogens with one attached hydrogen (secondary N) is 1. The fraction of sp³-hybridized carbons (Fsp3) is 0.190. The van der Waals surface area contributed by atoms with Gasteiger partial charge in [-0.1, -0.05) is 29.8 Å². The van der Waals surface area contributed by atoms with Crippen LogP contribution in [0.15, 0.2) is 54.6 Å². The van der Waals surface area contributed by atoms with Crippen LogP contribution in [-0.2, 0) is 9.53 Å². The zero-order valence-electron chi connectivity index (χ0n) is 15.8. The highest BCUT2D eigenvalue weighted by molar-refractivity contribution is 6.30. The van der Waals surface area contributed by atoms with Crippen molar-refractivity contribution in [1.82, 2.24) is 9.78 Å². The molecule has 3 aromatic rings.